The molecule has 4 nitrogen and oxygen atoms in total. The highest BCUT2D eigenvalue weighted by atomic mass is 19.3. The second kappa shape index (κ2) is 7.63. The van der Waals surface area contributed by atoms with Crippen molar-refractivity contribution in [3.63, 3.8) is 0 Å². The van der Waals surface area contributed by atoms with Gasteiger partial charge in [0, 0.05) is 37.9 Å². The lowest BCUT2D eigenvalue weighted by molar-refractivity contribution is -0.0525. The van der Waals surface area contributed by atoms with Crippen LogP contribution in [0.25, 0.3) is 0 Å². The molecule has 1 aromatic rings. The second-order valence-electron chi connectivity index (χ2n) is 5.74. The van der Waals surface area contributed by atoms with Crippen LogP contribution in [-0.2, 0) is 0 Å². The lowest BCUT2D eigenvalue weighted by atomic mass is 10.1. The Hall–Kier alpha value is -1.56. The standard InChI is InChI=1S/C16H24F2N2O2/c1-11(2)20-8-6-13(7-9-20)21-14-5-4-12(19-3)10-15(14)22-16(17)18/h4-5,10-11,13,16,19H,6-9H2,1-3H3. The molecule has 1 saturated heterocycles. The number of hydrogen-bond donors (Lipinski definition) is 1. The molecule has 0 aliphatic carbocycles. The van der Waals surface area contributed by atoms with Crippen LogP contribution in [-0.4, -0.2) is 43.8 Å². The summed E-state index contributed by atoms with van der Waals surface area (Å²) < 4.78 is 35.6. The van der Waals surface area contributed by atoms with Crippen molar-refractivity contribution < 1.29 is 18.3 Å². The Morgan fingerprint density at radius 2 is 1.86 bits per heavy atom. The Morgan fingerprint density at radius 1 is 1.18 bits per heavy atom. The van der Waals surface area contributed by atoms with E-state index in [0.717, 1.165) is 25.9 Å². The third kappa shape index (κ3) is 4.47. The molecular weight excluding hydrogens is 290 g/mol. The van der Waals surface area contributed by atoms with Crippen LogP contribution in [0.4, 0.5) is 14.5 Å². The van der Waals surface area contributed by atoms with Crippen LogP contribution in [0.15, 0.2) is 18.2 Å². The number of nitrogens with one attached hydrogen (secondary N) is 1. The molecule has 1 heterocycles. The average molecular weight is 314 g/mol. The number of alkyl halides is 2. The largest absolute Gasteiger partial charge is 0.486 e. The van der Waals surface area contributed by atoms with Gasteiger partial charge in [0.1, 0.15) is 6.10 Å². The van der Waals surface area contributed by atoms with Gasteiger partial charge in [-0.25, -0.2) is 0 Å². The minimum atomic E-state index is -2.86. The third-order valence-electron chi connectivity index (χ3n) is 3.95. The van der Waals surface area contributed by atoms with Crippen LogP contribution in [0.2, 0.25) is 0 Å². The van der Waals surface area contributed by atoms with Crippen molar-refractivity contribution in [1.82, 2.24) is 4.90 Å². The van der Waals surface area contributed by atoms with Gasteiger partial charge in [-0.15, -0.1) is 0 Å². The number of hydrogen-bond acceptors (Lipinski definition) is 4. The zero-order valence-corrected chi connectivity index (χ0v) is 13.3. The van der Waals surface area contributed by atoms with E-state index in [1.807, 2.05) is 0 Å². The van der Waals surface area contributed by atoms with Crippen molar-refractivity contribution >= 4 is 5.69 Å². The normalized spacial score (nSPS) is 17.0. The molecule has 0 radical (unpaired) electrons. The third-order valence-corrected chi connectivity index (χ3v) is 3.95. The number of ether oxygens (including phenoxy) is 2. The molecule has 0 spiro atoms. The summed E-state index contributed by atoms with van der Waals surface area (Å²) in [6, 6.07) is 5.52. The molecule has 22 heavy (non-hydrogen) atoms. The molecule has 6 heteroatoms. The fraction of sp³-hybridized carbons (Fsp3) is 0.625. The summed E-state index contributed by atoms with van der Waals surface area (Å²) in [5, 5.41) is 2.90. The van der Waals surface area contributed by atoms with Crippen LogP contribution in [0.5, 0.6) is 11.5 Å². The Labute approximate surface area is 130 Å². The highest BCUT2D eigenvalue weighted by Crippen LogP contribution is 2.33. The lowest BCUT2D eigenvalue weighted by Gasteiger charge is -2.34. The van der Waals surface area contributed by atoms with Crippen molar-refractivity contribution in [2.75, 3.05) is 25.5 Å². The van der Waals surface area contributed by atoms with Crippen LogP contribution >= 0.6 is 0 Å². The van der Waals surface area contributed by atoms with E-state index in [4.69, 9.17) is 4.74 Å². The number of halogens is 2. The summed E-state index contributed by atoms with van der Waals surface area (Å²) in [7, 11) is 1.73. The minimum absolute atomic E-state index is 0.0375. The first-order valence-corrected chi connectivity index (χ1v) is 7.67. The Kier molecular flexibility index (Phi) is 5.83. The van der Waals surface area contributed by atoms with Crippen molar-refractivity contribution in [1.29, 1.82) is 0 Å². The van der Waals surface area contributed by atoms with Crippen LogP contribution < -0.4 is 14.8 Å². The Morgan fingerprint density at radius 3 is 2.41 bits per heavy atom. The SMILES string of the molecule is CNc1ccc(OC2CCN(C(C)C)CC2)c(OC(F)F)c1. The Bertz CT molecular complexity index is 475. The molecule has 1 N–H and O–H groups in total. The van der Waals surface area contributed by atoms with Crippen molar-refractivity contribution in [3.8, 4) is 11.5 Å². The summed E-state index contributed by atoms with van der Waals surface area (Å²) in [4.78, 5) is 2.39. The fourth-order valence-corrected chi connectivity index (χ4v) is 2.64. The summed E-state index contributed by atoms with van der Waals surface area (Å²) >= 11 is 0. The number of rotatable bonds is 6. The maximum atomic E-state index is 12.5. The lowest BCUT2D eigenvalue weighted by Crippen LogP contribution is -2.41. The van der Waals surface area contributed by atoms with Crippen molar-refractivity contribution in [3.05, 3.63) is 18.2 Å². The first-order valence-electron chi connectivity index (χ1n) is 7.67. The highest BCUT2D eigenvalue weighted by Gasteiger charge is 2.23. The number of anilines is 1. The summed E-state index contributed by atoms with van der Waals surface area (Å²) in [5.41, 5.74) is 0.706. The van der Waals surface area contributed by atoms with Crippen LogP contribution in [0.3, 0.4) is 0 Å². The van der Waals surface area contributed by atoms with Gasteiger partial charge in [-0.05, 0) is 38.8 Å². The van der Waals surface area contributed by atoms with E-state index in [0.29, 0.717) is 17.5 Å². The minimum Gasteiger partial charge on any atom is -0.486 e. The van der Waals surface area contributed by atoms with E-state index < -0.39 is 6.61 Å². The molecule has 2 rings (SSSR count). The molecule has 0 saturated carbocycles. The van der Waals surface area contributed by atoms with Gasteiger partial charge in [-0.1, -0.05) is 0 Å². The summed E-state index contributed by atoms with van der Waals surface area (Å²) in [6.07, 6.45) is 1.82. The van der Waals surface area contributed by atoms with Crippen molar-refractivity contribution in [2.45, 2.75) is 45.4 Å². The van der Waals surface area contributed by atoms with Gasteiger partial charge in [0.05, 0.1) is 0 Å². The predicted octanol–water partition coefficient (Wildman–Crippen LogP) is 3.58. The van der Waals surface area contributed by atoms with E-state index in [9.17, 15) is 8.78 Å². The summed E-state index contributed by atoms with van der Waals surface area (Å²) in [6.45, 7) is 3.40. The molecule has 1 fully saturated rings. The quantitative estimate of drug-likeness (QED) is 0.870. The number of likely N-dealkylation sites (tertiary alicyclic amines) is 1. The van der Waals surface area contributed by atoms with Crippen LogP contribution in [0.1, 0.15) is 26.7 Å². The average Bonchev–Trinajstić information content (AvgIpc) is 2.49. The monoisotopic (exact) mass is 314 g/mol. The van der Waals surface area contributed by atoms with Gasteiger partial charge in [0.25, 0.3) is 0 Å². The molecule has 0 amide bonds. The summed E-state index contributed by atoms with van der Waals surface area (Å²) in [5.74, 6) is 0.454. The second-order valence-corrected chi connectivity index (χ2v) is 5.74. The van der Waals surface area contributed by atoms with Crippen molar-refractivity contribution in [2.24, 2.45) is 0 Å². The van der Waals surface area contributed by atoms with Crippen LogP contribution in [0, 0.1) is 0 Å². The molecule has 0 unspecified atom stereocenters. The van der Waals surface area contributed by atoms with E-state index >= 15 is 0 Å². The van der Waals surface area contributed by atoms with Gasteiger partial charge in [0.15, 0.2) is 11.5 Å². The van der Waals surface area contributed by atoms with E-state index in [2.05, 4.69) is 28.8 Å². The number of piperidine rings is 1. The smallest absolute Gasteiger partial charge is 0.387 e. The van der Waals surface area contributed by atoms with Gasteiger partial charge < -0.3 is 19.7 Å². The van der Waals surface area contributed by atoms with Gasteiger partial charge in [-0.3, -0.25) is 0 Å². The zero-order chi connectivity index (χ0) is 16.1. The highest BCUT2D eigenvalue weighted by molar-refractivity contribution is 5.54. The first-order chi connectivity index (χ1) is 10.5. The molecule has 1 aliphatic heterocycles. The first kappa shape index (κ1) is 16.8. The number of benzene rings is 1. The maximum absolute atomic E-state index is 12.5. The molecular formula is C16H24F2N2O2. The molecule has 0 aromatic heterocycles. The molecule has 1 aliphatic rings. The van der Waals surface area contributed by atoms with E-state index in [1.54, 1.807) is 19.2 Å². The molecule has 0 bridgehead atoms. The van der Waals surface area contributed by atoms with Gasteiger partial charge >= 0.3 is 6.61 Å². The molecule has 0 atom stereocenters. The van der Waals surface area contributed by atoms with Gasteiger partial charge in [-0.2, -0.15) is 8.78 Å². The fourth-order valence-electron chi connectivity index (χ4n) is 2.64. The Balaban J connectivity index is 2.03. The molecule has 124 valence electrons. The molecule has 1 aromatic carbocycles. The van der Waals surface area contributed by atoms with E-state index in [-0.39, 0.29) is 11.9 Å². The zero-order valence-electron chi connectivity index (χ0n) is 13.3. The topological polar surface area (TPSA) is 33.7 Å². The predicted molar refractivity (Wildman–Crippen MR) is 83.0 cm³/mol. The maximum Gasteiger partial charge on any atom is 0.387 e. The van der Waals surface area contributed by atoms with Gasteiger partial charge in [0.2, 0.25) is 0 Å². The van der Waals surface area contributed by atoms with E-state index in [1.165, 1.54) is 6.07 Å². The number of nitrogens with zero attached hydrogens (tertiary/aromatic N) is 1.